The molecule has 2 aliphatic rings. The van der Waals surface area contributed by atoms with Gasteiger partial charge >= 0.3 is 0 Å². The van der Waals surface area contributed by atoms with Crippen molar-refractivity contribution in [3.05, 3.63) is 46.9 Å². The molecule has 1 aromatic carbocycles. The van der Waals surface area contributed by atoms with Gasteiger partial charge in [0.2, 0.25) is 5.91 Å². The molecule has 146 valence electrons. The highest BCUT2D eigenvalue weighted by atomic mass is 16.2. The lowest BCUT2D eigenvalue weighted by Gasteiger charge is -2.23. The van der Waals surface area contributed by atoms with Gasteiger partial charge in [0.15, 0.2) is 0 Å². The lowest BCUT2D eigenvalue weighted by atomic mass is 10.0. The topological polar surface area (TPSA) is 87.2 Å². The summed E-state index contributed by atoms with van der Waals surface area (Å²) in [5.41, 5.74) is 3.34. The Morgan fingerprint density at radius 1 is 1.25 bits per heavy atom. The van der Waals surface area contributed by atoms with E-state index in [-0.39, 0.29) is 23.8 Å². The average molecular weight is 379 g/mol. The minimum Gasteiger partial charge on any atom is -0.365 e. The fourth-order valence-electron chi connectivity index (χ4n) is 3.73. The molecular weight excluding hydrogens is 354 g/mol. The maximum Gasteiger partial charge on any atom is 0.270 e. The maximum atomic E-state index is 12.6. The number of aromatic nitrogens is 2. The van der Waals surface area contributed by atoms with Gasteiger partial charge in [0, 0.05) is 36.7 Å². The standard InChI is InChI=1S/C21H25N5O2/c1-12(2)19-24-18-16(7-8-22-21(18)28)20(25-19)23-14-10-17(27)26(11-14)15-6-4-5-13(3)9-15/h4-6,9,12,14H,7-8,10-11H2,1-3H3,(H,22,28)(H,23,24,25). The van der Waals surface area contributed by atoms with Gasteiger partial charge in [-0.2, -0.15) is 0 Å². The fraction of sp³-hybridized carbons (Fsp3) is 0.429. The maximum absolute atomic E-state index is 12.6. The van der Waals surface area contributed by atoms with Crippen molar-refractivity contribution in [2.75, 3.05) is 23.3 Å². The predicted octanol–water partition coefficient (Wildman–Crippen LogP) is 2.41. The minimum atomic E-state index is -0.155. The Labute approximate surface area is 164 Å². The molecule has 28 heavy (non-hydrogen) atoms. The van der Waals surface area contributed by atoms with E-state index in [2.05, 4.69) is 20.6 Å². The van der Waals surface area contributed by atoms with E-state index >= 15 is 0 Å². The third-order valence-electron chi connectivity index (χ3n) is 5.20. The molecule has 1 saturated heterocycles. The van der Waals surface area contributed by atoms with E-state index in [1.54, 1.807) is 0 Å². The molecule has 3 heterocycles. The summed E-state index contributed by atoms with van der Waals surface area (Å²) in [5.74, 6) is 1.37. The number of benzene rings is 1. The van der Waals surface area contributed by atoms with E-state index in [4.69, 9.17) is 0 Å². The van der Waals surface area contributed by atoms with E-state index in [1.807, 2.05) is 49.9 Å². The van der Waals surface area contributed by atoms with Crippen LogP contribution in [0.3, 0.4) is 0 Å². The third kappa shape index (κ3) is 3.44. The van der Waals surface area contributed by atoms with E-state index < -0.39 is 0 Å². The lowest BCUT2D eigenvalue weighted by Crippen LogP contribution is -2.35. The number of carbonyl (C=O) groups is 2. The number of aryl methyl sites for hydroxylation is 1. The monoisotopic (exact) mass is 379 g/mol. The van der Waals surface area contributed by atoms with E-state index in [0.29, 0.717) is 43.3 Å². The van der Waals surface area contributed by atoms with Crippen molar-refractivity contribution in [1.29, 1.82) is 0 Å². The summed E-state index contributed by atoms with van der Waals surface area (Å²) < 4.78 is 0. The number of hydrogen-bond donors (Lipinski definition) is 2. The molecule has 0 spiro atoms. The van der Waals surface area contributed by atoms with Gasteiger partial charge in [-0.3, -0.25) is 9.59 Å². The number of nitrogens with one attached hydrogen (secondary N) is 2. The smallest absolute Gasteiger partial charge is 0.270 e. The van der Waals surface area contributed by atoms with Gasteiger partial charge in [-0.05, 0) is 31.0 Å². The van der Waals surface area contributed by atoms with Crippen molar-refractivity contribution >= 4 is 23.3 Å². The molecule has 2 amide bonds. The first kappa shape index (κ1) is 18.4. The Balaban J connectivity index is 1.61. The highest BCUT2D eigenvalue weighted by molar-refractivity contribution is 5.97. The normalized spacial score (nSPS) is 19.0. The molecule has 4 rings (SSSR count). The van der Waals surface area contributed by atoms with Crippen LogP contribution in [0.5, 0.6) is 0 Å². The molecule has 1 aromatic heterocycles. The van der Waals surface area contributed by atoms with Gasteiger partial charge in [-0.15, -0.1) is 0 Å². The van der Waals surface area contributed by atoms with Crippen LogP contribution in [0.25, 0.3) is 0 Å². The Morgan fingerprint density at radius 2 is 2.07 bits per heavy atom. The number of fused-ring (bicyclic) bond motifs is 1. The summed E-state index contributed by atoms with van der Waals surface area (Å²) in [6.45, 7) is 7.18. The van der Waals surface area contributed by atoms with E-state index in [9.17, 15) is 9.59 Å². The SMILES string of the molecule is Cc1cccc(N2CC(Nc3nc(C(C)C)nc4c3CCNC4=O)CC2=O)c1. The first-order chi connectivity index (χ1) is 13.4. The number of carbonyl (C=O) groups excluding carboxylic acids is 2. The minimum absolute atomic E-state index is 0.0583. The largest absolute Gasteiger partial charge is 0.365 e. The second kappa shape index (κ2) is 7.22. The lowest BCUT2D eigenvalue weighted by molar-refractivity contribution is -0.117. The zero-order valence-corrected chi connectivity index (χ0v) is 16.5. The zero-order chi connectivity index (χ0) is 19.8. The van der Waals surface area contributed by atoms with Crippen LogP contribution in [0.4, 0.5) is 11.5 Å². The summed E-state index contributed by atoms with van der Waals surface area (Å²) in [4.78, 5) is 35.8. The summed E-state index contributed by atoms with van der Waals surface area (Å²) in [7, 11) is 0. The second-order valence-electron chi connectivity index (χ2n) is 7.81. The molecule has 0 saturated carbocycles. The summed E-state index contributed by atoms with van der Waals surface area (Å²) in [6.07, 6.45) is 1.08. The highest BCUT2D eigenvalue weighted by Gasteiger charge is 2.32. The van der Waals surface area contributed by atoms with Crippen molar-refractivity contribution in [3.63, 3.8) is 0 Å². The molecule has 1 fully saturated rings. The Bertz CT molecular complexity index is 940. The fourth-order valence-corrected chi connectivity index (χ4v) is 3.73. The Kier molecular flexibility index (Phi) is 4.75. The molecular formula is C21H25N5O2. The van der Waals surface area contributed by atoms with E-state index in [0.717, 1.165) is 16.8 Å². The summed E-state index contributed by atoms with van der Waals surface area (Å²) in [5, 5.41) is 6.28. The average Bonchev–Trinajstić information content (AvgIpc) is 3.02. The number of rotatable bonds is 4. The summed E-state index contributed by atoms with van der Waals surface area (Å²) in [6, 6.07) is 7.91. The van der Waals surface area contributed by atoms with Crippen molar-refractivity contribution in [1.82, 2.24) is 15.3 Å². The molecule has 1 atom stereocenters. The van der Waals surface area contributed by atoms with Crippen LogP contribution in [0, 0.1) is 6.92 Å². The quantitative estimate of drug-likeness (QED) is 0.852. The van der Waals surface area contributed by atoms with Gasteiger partial charge in [0.05, 0.1) is 6.04 Å². The molecule has 2 aromatic rings. The second-order valence-corrected chi connectivity index (χ2v) is 7.81. The zero-order valence-electron chi connectivity index (χ0n) is 16.5. The first-order valence-corrected chi connectivity index (χ1v) is 9.75. The molecule has 7 heteroatoms. The van der Waals surface area contributed by atoms with Crippen molar-refractivity contribution < 1.29 is 9.59 Å². The van der Waals surface area contributed by atoms with Crippen LogP contribution in [-0.4, -0.2) is 40.9 Å². The Hall–Kier alpha value is -2.96. The van der Waals surface area contributed by atoms with Crippen LogP contribution in [0.15, 0.2) is 24.3 Å². The van der Waals surface area contributed by atoms with Crippen molar-refractivity contribution in [2.45, 2.75) is 45.6 Å². The van der Waals surface area contributed by atoms with Gasteiger partial charge in [-0.25, -0.2) is 9.97 Å². The van der Waals surface area contributed by atoms with Gasteiger partial charge in [0.25, 0.3) is 5.91 Å². The van der Waals surface area contributed by atoms with Crippen LogP contribution in [0.2, 0.25) is 0 Å². The number of nitrogens with zero attached hydrogens (tertiary/aromatic N) is 3. The molecule has 2 N–H and O–H groups in total. The first-order valence-electron chi connectivity index (χ1n) is 9.75. The number of amides is 2. The Morgan fingerprint density at radius 3 is 2.82 bits per heavy atom. The highest BCUT2D eigenvalue weighted by Crippen LogP contribution is 2.27. The van der Waals surface area contributed by atoms with Crippen LogP contribution >= 0.6 is 0 Å². The van der Waals surface area contributed by atoms with Gasteiger partial charge < -0.3 is 15.5 Å². The molecule has 7 nitrogen and oxygen atoms in total. The molecule has 0 aliphatic carbocycles. The van der Waals surface area contributed by atoms with Crippen molar-refractivity contribution in [3.8, 4) is 0 Å². The number of hydrogen-bond acceptors (Lipinski definition) is 5. The molecule has 0 bridgehead atoms. The van der Waals surface area contributed by atoms with Gasteiger partial charge in [0.1, 0.15) is 17.3 Å². The van der Waals surface area contributed by atoms with Gasteiger partial charge in [-0.1, -0.05) is 26.0 Å². The van der Waals surface area contributed by atoms with Crippen molar-refractivity contribution in [2.24, 2.45) is 0 Å². The van der Waals surface area contributed by atoms with E-state index in [1.165, 1.54) is 0 Å². The third-order valence-corrected chi connectivity index (χ3v) is 5.20. The summed E-state index contributed by atoms with van der Waals surface area (Å²) >= 11 is 0. The molecule has 0 radical (unpaired) electrons. The predicted molar refractivity (Wildman–Crippen MR) is 108 cm³/mol. The van der Waals surface area contributed by atoms with Crippen LogP contribution in [0.1, 0.15) is 53.6 Å². The molecule has 1 unspecified atom stereocenters. The van der Waals surface area contributed by atoms with Crippen LogP contribution < -0.4 is 15.5 Å². The number of anilines is 2. The molecule has 2 aliphatic heterocycles. The van der Waals surface area contributed by atoms with Crippen LogP contribution in [-0.2, 0) is 11.2 Å².